The highest BCUT2D eigenvalue weighted by Gasteiger charge is 2.33. The summed E-state index contributed by atoms with van der Waals surface area (Å²) in [6, 6.07) is 10.2. The molecule has 2 rings (SSSR count). The van der Waals surface area contributed by atoms with Crippen LogP contribution in [-0.2, 0) is 9.36 Å². The largest absolute Gasteiger partial charge is 0.493 e. The van der Waals surface area contributed by atoms with Crippen LogP contribution in [0.25, 0.3) is 0 Å². The van der Waals surface area contributed by atoms with Gasteiger partial charge in [0.05, 0.1) is 26.4 Å². The third kappa shape index (κ3) is 12.1. The standard InChI is InChI=1S/C31H47O8P/c1-6-10-18-34-26-14-16-28(30(22-26)36-20-12-8-3)38-40(33,24-25(5)32)39-29-17-15-27(35-19-11-7-2)23-31(29)37-21-13-9-4/h14-17,22-23H,6-13,18-21,24H2,1-5H3. The summed E-state index contributed by atoms with van der Waals surface area (Å²) < 4.78 is 49.7. The normalized spacial score (nSPS) is 11.1. The zero-order chi connectivity index (χ0) is 29.2. The van der Waals surface area contributed by atoms with Gasteiger partial charge in [-0.2, -0.15) is 0 Å². The molecule has 0 fully saturated rings. The number of ketones is 1. The Hall–Kier alpha value is -2.86. The molecule has 0 heterocycles. The molecule has 9 heteroatoms. The third-order valence-electron chi connectivity index (χ3n) is 5.77. The number of hydrogen-bond acceptors (Lipinski definition) is 8. The zero-order valence-electron chi connectivity index (χ0n) is 24.9. The van der Waals surface area contributed by atoms with E-state index in [0.29, 0.717) is 49.4 Å². The Bertz CT molecular complexity index is 998. The minimum absolute atomic E-state index is 0.219. The predicted molar refractivity (Wildman–Crippen MR) is 159 cm³/mol. The van der Waals surface area contributed by atoms with E-state index in [-0.39, 0.29) is 17.3 Å². The van der Waals surface area contributed by atoms with Crippen LogP contribution in [0.2, 0.25) is 0 Å². The molecule has 0 radical (unpaired) electrons. The SMILES string of the molecule is CCCCOc1ccc(OP(=O)(CC(C)=O)Oc2ccc(OCCCC)cc2OCCCC)c(OCCCC)c1. The van der Waals surface area contributed by atoms with Gasteiger partial charge in [-0.3, -0.25) is 4.79 Å². The molecule has 224 valence electrons. The van der Waals surface area contributed by atoms with E-state index in [1.807, 2.05) is 0 Å². The number of rotatable bonds is 22. The first-order chi connectivity index (χ1) is 19.3. The Morgan fingerprint density at radius 1 is 0.600 bits per heavy atom. The molecular weight excluding hydrogens is 531 g/mol. The van der Waals surface area contributed by atoms with Crippen LogP contribution in [0.3, 0.4) is 0 Å². The summed E-state index contributed by atoms with van der Waals surface area (Å²) in [4.78, 5) is 12.2. The number of benzene rings is 2. The van der Waals surface area contributed by atoms with Crippen LogP contribution in [-0.4, -0.2) is 38.4 Å². The lowest BCUT2D eigenvalue weighted by atomic mass is 10.3. The Labute approximate surface area is 240 Å². The van der Waals surface area contributed by atoms with Crippen molar-refractivity contribution in [2.24, 2.45) is 0 Å². The molecule has 2 aromatic rings. The van der Waals surface area contributed by atoms with E-state index in [1.54, 1.807) is 36.4 Å². The molecule has 0 aliphatic carbocycles. The molecule has 0 saturated heterocycles. The van der Waals surface area contributed by atoms with E-state index in [0.717, 1.165) is 51.4 Å². The van der Waals surface area contributed by atoms with Crippen molar-refractivity contribution in [1.29, 1.82) is 0 Å². The molecule has 40 heavy (non-hydrogen) atoms. The minimum atomic E-state index is -4.02. The topological polar surface area (TPSA) is 89.5 Å². The lowest BCUT2D eigenvalue weighted by Crippen LogP contribution is -2.12. The molecule has 0 amide bonds. The van der Waals surface area contributed by atoms with Crippen LogP contribution in [0.5, 0.6) is 34.5 Å². The van der Waals surface area contributed by atoms with Crippen LogP contribution in [0.15, 0.2) is 36.4 Å². The van der Waals surface area contributed by atoms with Crippen LogP contribution in [0.4, 0.5) is 0 Å². The Morgan fingerprint density at radius 3 is 1.32 bits per heavy atom. The van der Waals surface area contributed by atoms with Crippen LogP contribution >= 0.6 is 7.60 Å². The van der Waals surface area contributed by atoms with Crippen molar-refractivity contribution in [2.75, 3.05) is 32.6 Å². The monoisotopic (exact) mass is 578 g/mol. The molecule has 0 unspecified atom stereocenters. The summed E-state index contributed by atoms with van der Waals surface area (Å²) in [6.45, 7) is 11.8. The molecule has 0 aromatic heterocycles. The van der Waals surface area contributed by atoms with E-state index in [4.69, 9.17) is 28.0 Å². The smallest absolute Gasteiger partial charge is 0.438 e. The van der Waals surface area contributed by atoms with Crippen LogP contribution in [0, 0.1) is 0 Å². The van der Waals surface area contributed by atoms with E-state index < -0.39 is 13.8 Å². The van der Waals surface area contributed by atoms with Gasteiger partial charge in [0.1, 0.15) is 23.4 Å². The number of carbonyl (C=O) groups excluding carboxylic acids is 1. The van der Waals surface area contributed by atoms with E-state index in [9.17, 15) is 9.36 Å². The first kappa shape index (κ1) is 33.3. The lowest BCUT2D eigenvalue weighted by molar-refractivity contribution is -0.114. The van der Waals surface area contributed by atoms with Gasteiger partial charge >= 0.3 is 7.60 Å². The molecule has 2 aromatic carbocycles. The van der Waals surface area contributed by atoms with Gasteiger partial charge in [0.25, 0.3) is 0 Å². The zero-order valence-corrected chi connectivity index (χ0v) is 25.8. The van der Waals surface area contributed by atoms with Crippen molar-refractivity contribution >= 4 is 13.4 Å². The highest BCUT2D eigenvalue weighted by molar-refractivity contribution is 7.55. The van der Waals surface area contributed by atoms with Gasteiger partial charge < -0.3 is 28.0 Å². The van der Waals surface area contributed by atoms with Crippen LogP contribution < -0.4 is 28.0 Å². The quantitative estimate of drug-likeness (QED) is 0.101. The van der Waals surface area contributed by atoms with Gasteiger partial charge in [-0.25, -0.2) is 4.57 Å². The fraction of sp³-hybridized carbons (Fsp3) is 0.581. The second-order valence-corrected chi connectivity index (χ2v) is 11.6. The molecule has 8 nitrogen and oxygen atoms in total. The molecule has 0 aliphatic rings. The molecule has 0 bridgehead atoms. The molecule has 0 spiro atoms. The molecule has 0 N–H and O–H groups in total. The van der Waals surface area contributed by atoms with Crippen molar-refractivity contribution in [3.05, 3.63) is 36.4 Å². The predicted octanol–water partition coefficient (Wildman–Crippen LogP) is 8.64. The van der Waals surface area contributed by atoms with Crippen LogP contribution in [0.1, 0.15) is 86.0 Å². The number of Topliss-reactive ketones (excluding diaryl/α,β-unsaturated/α-hetero) is 1. The lowest BCUT2D eigenvalue weighted by Gasteiger charge is -2.23. The fourth-order valence-electron chi connectivity index (χ4n) is 3.51. The summed E-state index contributed by atoms with van der Waals surface area (Å²) in [6.07, 6.45) is 7.06. The average Bonchev–Trinajstić information content (AvgIpc) is 2.91. The maximum absolute atomic E-state index is 14.1. The van der Waals surface area contributed by atoms with Gasteiger partial charge in [0.15, 0.2) is 23.0 Å². The highest BCUT2D eigenvalue weighted by atomic mass is 31.2. The fourth-order valence-corrected chi connectivity index (χ4v) is 5.12. The summed E-state index contributed by atoms with van der Waals surface area (Å²) in [7, 11) is -4.02. The maximum Gasteiger partial charge on any atom is 0.438 e. The van der Waals surface area contributed by atoms with Crippen molar-refractivity contribution in [3.8, 4) is 34.5 Å². The maximum atomic E-state index is 14.1. The Kier molecular flexibility index (Phi) is 15.4. The summed E-state index contributed by atoms with van der Waals surface area (Å²) in [5, 5.41) is 0. The number of ether oxygens (including phenoxy) is 4. The highest BCUT2D eigenvalue weighted by Crippen LogP contribution is 2.53. The number of unbranched alkanes of at least 4 members (excludes halogenated alkanes) is 4. The van der Waals surface area contributed by atoms with E-state index in [2.05, 4.69) is 27.7 Å². The Morgan fingerprint density at radius 2 is 0.975 bits per heavy atom. The molecular formula is C31H47O8P. The summed E-state index contributed by atoms with van der Waals surface area (Å²) >= 11 is 0. The van der Waals surface area contributed by atoms with Crippen molar-refractivity contribution in [2.45, 2.75) is 86.0 Å². The second-order valence-electron chi connectivity index (χ2n) is 9.68. The second kappa shape index (κ2) is 18.5. The van der Waals surface area contributed by atoms with Gasteiger partial charge in [-0.1, -0.05) is 53.4 Å². The van der Waals surface area contributed by atoms with E-state index in [1.165, 1.54) is 6.92 Å². The van der Waals surface area contributed by atoms with Crippen molar-refractivity contribution < 1.29 is 37.4 Å². The average molecular weight is 579 g/mol. The van der Waals surface area contributed by atoms with Crippen molar-refractivity contribution in [1.82, 2.24) is 0 Å². The molecule has 0 atom stereocenters. The summed E-state index contributed by atoms with van der Waals surface area (Å²) in [5.41, 5.74) is 0. The molecule has 0 saturated carbocycles. The van der Waals surface area contributed by atoms with Gasteiger partial charge in [-0.15, -0.1) is 0 Å². The number of hydrogen-bond donors (Lipinski definition) is 0. The van der Waals surface area contributed by atoms with Gasteiger partial charge in [0, 0.05) is 12.1 Å². The van der Waals surface area contributed by atoms with Gasteiger partial charge in [0.2, 0.25) is 0 Å². The number of carbonyl (C=O) groups is 1. The van der Waals surface area contributed by atoms with E-state index >= 15 is 0 Å². The Balaban J connectivity index is 2.37. The first-order valence-corrected chi connectivity index (χ1v) is 16.3. The third-order valence-corrected chi connectivity index (χ3v) is 7.55. The minimum Gasteiger partial charge on any atom is -0.493 e. The van der Waals surface area contributed by atoms with Gasteiger partial charge in [-0.05, 0) is 56.9 Å². The molecule has 0 aliphatic heterocycles. The summed E-state index contributed by atoms with van der Waals surface area (Å²) in [5.74, 6) is 2.12. The first-order valence-electron chi connectivity index (χ1n) is 14.6. The van der Waals surface area contributed by atoms with Crippen molar-refractivity contribution in [3.63, 3.8) is 0 Å².